The van der Waals surface area contributed by atoms with E-state index in [1.165, 1.54) is 9.58 Å². The molecule has 41 heavy (non-hydrogen) atoms. The molecule has 1 fully saturated rings. The number of thiocarbonyl (C=S) groups is 1. The van der Waals surface area contributed by atoms with Crippen LogP contribution in [-0.4, -0.2) is 38.1 Å². The standard InChI is InChI=1S/C29H24N6O5S/c1-17-7-13-20(14-8-17)35-27(37)22(34(29(35)41)16-23-28(38)40-32-33(23)2)15-25(36)30-19-11-9-18(10-12-19)26-31-21-5-3-4-6-24(21)39-26/h3-14,22H,15-16H2,1-2H3,(H-,30,31,32,36,38). The van der Waals surface area contributed by atoms with Gasteiger partial charge in [0.25, 0.3) is 11.6 Å². The summed E-state index contributed by atoms with van der Waals surface area (Å²) >= 11 is 5.68. The molecular formula is C29H24N6O5S. The maximum Gasteiger partial charge on any atom is 0.256 e. The number of aromatic nitrogens is 3. The number of hydrogen-bond acceptors (Lipinski definition) is 8. The van der Waals surface area contributed by atoms with Gasteiger partial charge in [0.2, 0.25) is 11.8 Å². The van der Waals surface area contributed by atoms with Gasteiger partial charge < -0.3 is 24.3 Å². The van der Waals surface area contributed by atoms with Crippen molar-refractivity contribution in [1.29, 1.82) is 0 Å². The zero-order valence-corrected chi connectivity index (χ0v) is 22.9. The van der Waals surface area contributed by atoms with Gasteiger partial charge in [0.1, 0.15) is 18.1 Å². The second-order valence-electron chi connectivity index (χ2n) is 9.68. The number of carbonyl (C=O) groups is 2. The van der Waals surface area contributed by atoms with Gasteiger partial charge in [-0.15, -0.1) is 0 Å². The van der Waals surface area contributed by atoms with Gasteiger partial charge in [-0.05, 0) is 67.7 Å². The molecule has 2 aromatic heterocycles. The number of oxazole rings is 1. The topological polar surface area (TPSA) is 132 Å². The fourth-order valence-electron chi connectivity index (χ4n) is 4.69. The van der Waals surface area contributed by atoms with E-state index in [0.717, 1.165) is 16.6 Å². The van der Waals surface area contributed by atoms with Crippen LogP contribution in [0.5, 0.6) is 5.95 Å². The van der Waals surface area contributed by atoms with E-state index < -0.39 is 17.9 Å². The smallest absolute Gasteiger partial charge is 0.256 e. The summed E-state index contributed by atoms with van der Waals surface area (Å²) in [7, 11) is 1.56. The number of fused-ring (bicyclic) bond motifs is 1. The SMILES string of the molecule is Cc1ccc(N2C(=O)C(CC(=O)Nc3ccc(-c4nc5ccccc5o4)cc3)N(Cc3c([O-])on[n+]3C)C2=S)cc1. The zero-order chi connectivity index (χ0) is 28.7. The molecule has 1 aliphatic heterocycles. The third-order valence-corrected chi connectivity index (χ3v) is 7.31. The molecule has 1 saturated heterocycles. The van der Waals surface area contributed by atoms with Crippen LogP contribution in [0.15, 0.2) is 81.7 Å². The van der Waals surface area contributed by atoms with Gasteiger partial charge in [-0.3, -0.25) is 14.5 Å². The van der Waals surface area contributed by atoms with Gasteiger partial charge in [0.05, 0.1) is 17.4 Å². The summed E-state index contributed by atoms with van der Waals surface area (Å²) in [5.74, 6) is -0.931. The number of nitrogens with zero attached hydrogens (tertiary/aromatic N) is 5. The van der Waals surface area contributed by atoms with Crippen molar-refractivity contribution >= 4 is 51.6 Å². The predicted molar refractivity (Wildman–Crippen MR) is 150 cm³/mol. The summed E-state index contributed by atoms with van der Waals surface area (Å²) in [5.41, 5.74) is 4.53. The van der Waals surface area contributed by atoms with Crippen molar-refractivity contribution < 1.29 is 28.3 Å². The highest BCUT2D eigenvalue weighted by atomic mass is 32.1. The van der Waals surface area contributed by atoms with Crippen LogP contribution in [0.2, 0.25) is 0 Å². The molecule has 5 aromatic rings. The molecule has 11 nitrogen and oxygen atoms in total. The van der Waals surface area contributed by atoms with Gasteiger partial charge in [0, 0.05) is 11.3 Å². The molecular weight excluding hydrogens is 544 g/mol. The van der Waals surface area contributed by atoms with Crippen molar-refractivity contribution in [2.75, 3.05) is 10.2 Å². The summed E-state index contributed by atoms with van der Waals surface area (Å²) in [5, 5.41) is 18.9. The first-order valence-electron chi connectivity index (χ1n) is 12.8. The largest absolute Gasteiger partial charge is 0.539 e. The van der Waals surface area contributed by atoms with Gasteiger partial charge in [-0.1, -0.05) is 34.5 Å². The molecule has 1 atom stereocenters. The molecule has 0 radical (unpaired) electrons. The Labute approximate surface area is 239 Å². The van der Waals surface area contributed by atoms with Gasteiger partial charge in [-0.25, -0.2) is 4.98 Å². The lowest BCUT2D eigenvalue weighted by molar-refractivity contribution is -0.746. The number of amides is 2. The van der Waals surface area contributed by atoms with E-state index >= 15 is 0 Å². The summed E-state index contributed by atoms with van der Waals surface area (Å²) in [6.45, 7) is 1.89. The molecule has 0 saturated carbocycles. The predicted octanol–water partition coefficient (Wildman–Crippen LogP) is 3.22. The van der Waals surface area contributed by atoms with E-state index in [-0.39, 0.29) is 29.7 Å². The number of nitrogens with one attached hydrogen (secondary N) is 1. The van der Waals surface area contributed by atoms with Crippen LogP contribution < -0.4 is 20.0 Å². The minimum absolute atomic E-state index is 0.0527. The molecule has 6 rings (SSSR count). The van der Waals surface area contributed by atoms with Crippen molar-refractivity contribution in [2.45, 2.75) is 25.9 Å². The molecule has 1 N–H and O–H groups in total. The van der Waals surface area contributed by atoms with Gasteiger partial charge in [-0.2, -0.15) is 0 Å². The average molecular weight is 569 g/mol. The highest BCUT2D eigenvalue weighted by Crippen LogP contribution is 2.30. The second kappa shape index (κ2) is 10.5. The van der Waals surface area contributed by atoms with Crippen LogP contribution in [0.1, 0.15) is 17.7 Å². The minimum atomic E-state index is -0.947. The van der Waals surface area contributed by atoms with E-state index in [2.05, 4.69) is 15.6 Å². The normalized spacial score (nSPS) is 15.2. The maximum atomic E-state index is 13.6. The summed E-state index contributed by atoms with van der Waals surface area (Å²) in [6.07, 6.45) is -0.197. The fraction of sp³-hybridized carbons (Fsp3) is 0.172. The van der Waals surface area contributed by atoms with Crippen LogP contribution in [0.25, 0.3) is 22.6 Å². The maximum absolute atomic E-state index is 13.6. The van der Waals surface area contributed by atoms with Crippen molar-refractivity contribution in [1.82, 2.24) is 15.2 Å². The molecule has 0 aliphatic carbocycles. The lowest BCUT2D eigenvalue weighted by Gasteiger charge is -2.22. The van der Waals surface area contributed by atoms with Gasteiger partial charge in [0.15, 0.2) is 23.7 Å². The van der Waals surface area contributed by atoms with E-state index in [1.807, 2.05) is 43.3 Å². The monoisotopic (exact) mass is 568 g/mol. The number of carbonyl (C=O) groups excluding carboxylic acids is 2. The van der Waals surface area contributed by atoms with Crippen LogP contribution in [0.4, 0.5) is 11.4 Å². The average Bonchev–Trinajstić information content (AvgIpc) is 3.60. The van der Waals surface area contributed by atoms with E-state index in [4.69, 9.17) is 21.2 Å². The van der Waals surface area contributed by atoms with Crippen molar-refractivity contribution in [3.8, 4) is 17.4 Å². The molecule has 12 heteroatoms. The Morgan fingerprint density at radius 1 is 1.10 bits per heavy atom. The van der Waals surface area contributed by atoms with Crippen molar-refractivity contribution in [3.05, 3.63) is 84.1 Å². The molecule has 0 spiro atoms. The number of aryl methyl sites for hydroxylation is 2. The van der Waals surface area contributed by atoms with Crippen LogP contribution in [0.3, 0.4) is 0 Å². The Morgan fingerprint density at radius 2 is 1.83 bits per heavy atom. The Balaban J connectivity index is 1.21. The third kappa shape index (κ3) is 5.00. The minimum Gasteiger partial charge on any atom is -0.539 e. The fourth-order valence-corrected chi connectivity index (χ4v) is 5.07. The number of anilines is 2. The quantitative estimate of drug-likeness (QED) is 0.232. The molecule has 206 valence electrons. The van der Waals surface area contributed by atoms with Crippen LogP contribution in [-0.2, 0) is 23.2 Å². The highest BCUT2D eigenvalue weighted by Gasteiger charge is 2.45. The van der Waals surface area contributed by atoms with E-state index in [1.54, 1.807) is 48.3 Å². The molecule has 2 amide bonds. The van der Waals surface area contributed by atoms with Gasteiger partial charge >= 0.3 is 0 Å². The Bertz CT molecular complexity index is 1730. The first kappa shape index (κ1) is 26.1. The number of rotatable bonds is 7. The Hall–Kier alpha value is -5.10. The summed E-state index contributed by atoms with van der Waals surface area (Å²) in [6, 6.07) is 20.9. The Kier molecular flexibility index (Phi) is 6.67. The third-order valence-electron chi connectivity index (χ3n) is 6.89. The number of benzene rings is 3. The Morgan fingerprint density at radius 3 is 2.51 bits per heavy atom. The molecule has 0 bridgehead atoms. The summed E-state index contributed by atoms with van der Waals surface area (Å²) in [4.78, 5) is 34.3. The van der Waals surface area contributed by atoms with Crippen LogP contribution in [0, 0.1) is 6.92 Å². The van der Waals surface area contributed by atoms with Crippen molar-refractivity contribution in [3.63, 3.8) is 0 Å². The number of hydrogen-bond donors (Lipinski definition) is 1. The van der Waals surface area contributed by atoms with E-state index in [9.17, 15) is 14.7 Å². The highest BCUT2D eigenvalue weighted by molar-refractivity contribution is 7.80. The van der Waals surface area contributed by atoms with Crippen LogP contribution >= 0.6 is 12.2 Å². The second-order valence-corrected chi connectivity index (χ2v) is 10.0. The van der Waals surface area contributed by atoms with E-state index in [0.29, 0.717) is 22.8 Å². The lowest BCUT2D eigenvalue weighted by Crippen LogP contribution is -2.42. The van der Waals surface area contributed by atoms with Crippen molar-refractivity contribution in [2.24, 2.45) is 7.05 Å². The first-order valence-corrected chi connectivity index (χ1v) is 13.2. The molecule has 1 unspecified atom stereocenters. The zero-order valence-electron chi connectivity index (χ0n) is 22.1. The molecule has 3 heterocycles. The molecule has 3 aromatic carbocycles. The number of para-hydroxylation sites is 2. The first-order chi connectivity index (χ1) is 19.8. The summed E-state index contributed by atoms with van der Waals surface area (Å²) < 4.78 is 11.9. The lowest BCUT2D eigenvalue weighted by atomic mass is 10.1. The molecule has 1 aliphatic rings.